The van der Waals surface area contributed by atoms with Crippen molar-refractivity contribution in [2.75, 3.05) is 13.2 Å². The second-order valence-corrected chi connectivity index (χ2v) is 16.9. The molecule has 0 amide bonds. The van der Waals surface area contributed by atoms with Crippen molar-refractivity contribution >= 4 is 29.8 Å². The van der Waals surface area contributed by atoms with Crippen molar-refractivity contribution in [1.29, 1.82) is 0 Å². The molecule has 0 radical (unpaired) electrons. The van der Waals surface area contributed by atoms with Crippen LogP contribution in [0.15, 0.2) is 94.9 Å². The van der Waals surface area contributed by atoms with Crippen LogP contribution < -0.4 is 14.2 Å². The fourth-order valence-corrected chi connectivity index (χ4v) is 7.45. The van der Waals surface area contributed by atoms with Crippen molar-refractivity contribution in [2.24, 2.45) is 9.98 Å². The molecule has 0 aliphatic heterocycles. The molecule has 0 unspecified atom stereocenters. The molecule has 0 fully saturated rings. The minimum absolute atomic E-state index is 0.0975. The Morgan fingerprint density at radius 2 is 0.778 bits per heavy atom. The summed E-state index contributed by atoms with van der Waals surface area (Å²) in [5.74, 6) is 1.38. The molecule has 0 saturated heterocycles. The van der Waals surface area contributed by atoms with E-state index in [0.29, 0.717) is 58.5 Å². The van der Waals surface area contributed by atoms with E-state index in [9.17, 15) is 15.0 Å². The van der Waals surface area contributed by atoms with Gasteiger partial charge >= 0.3 is 5.97 Å². The average Bonchev–Trinajstić information content (AvgIpc) is 3.29. The van der Waals surface area contributed by atoms with Crippen molar-refractivity contribution in [1.82, 2.24) is 0 Å². The Kier molecular flexibility index (Phi) is 25.4. The number of unbranched alkanes of at least 4 members (excludes halogenated alkanes) is 22. The van der Waals surface area contributed by atoms with E-state index in [4.69, 9.17) is 14.2 Å². The molecule has 0 aliphatic carbocycles. The van der Waals surface area contributed by atoms with Crippen LogP contribution in [0.5, 0.6) is 28.7 Å². The van der Waals surface area contributed by atoms with Crippen molar-refractivity contribution in [3.8, 4) is 28.7 Å². The fraction of sp³-hybridized carbons (Fsp3) is 0.509. The lowest BCUT2D eigenvalue weighted by Gasteiger charge is -2.08. The maximum Gasteiger partial charge on any atom is 0.343 e. The monoisotopic (exact) mass is 861 g/mol. The van der Waals surface area contributed by atoms with Gasteiger partial charge in [0.1, 0.15) is 28.7 Å². The summed E-state index contributed by atoms with van der Waals surface area (Å²) in [6.45, 7) is 5.80. The number of benzene rings is 4. The van der Waals surface area contributed by atoms with Crippen LogP contribution in [-0.2, 0) is 0 Å². The lowest BCUT2D eigenvalue weighted by molar-refractivity contribution is 0.0734. The SMILES string of the molecule is CCCCCCCCCCCCCCOc1ccc(C=Nc2ccc(OC(=O)c3ccc(N=Cc4ccc(OCCCCCCCCCCCCCC)cc4O)cc3)cc2)c(O)c1. The molecular formula is C55H76N2O6. The van der Waals surface area contributed by atoms with Gasteiger partial charge in [-0.3, -0.25) is 9.98 Å². The van der Waals surface area contributed by atoms with Gasteiger partial charge in [0, 0.05) is 35.7 Å². The van der Waals surface area contributed by atoms with Crippen LogP contribution in [0.2, 0.25) is 0 Å². The zero-order valence-electron chi connectivity index (χ0n) is 38.5. The third-order valence-corrected chi connectivity index (χ3v) is 11.4. The van der Waals surface area contributed by atoms with E-state index >= 15 is 0 Å². The van der Waals surface area contributed by atoms with E-state index in [-0.39, 0.29) is 11.5 Å². The normalized spacial score (nSPS) is 11.5. The Morgan fingerprint density at radius 3 is 1.14 bits per heavy atom. The molecule has 0 aliphatic rings. The zero-order valence-corrected chi connectivity index (χ0v) is 38.5. The van der Waals surface area contributed by atoms with E-state index in [1.165, 1.54) is 128 Å². The van der Waals surface area contributed by atoms with Crippen LogP contribution in [0.1, 0.15) is 189 Å². The Balaban J connectivity index is 1.09. The maximum atomic E-state index is 12.9. The second-order valence-electron chi connectivity index (χ2n) is 16.9. The molecule has 0 atom stereocenters. The topological polar surface area (TPSA) is 110 Å². The smallest absolute Gasteiger partial charge is 0.343 e. The molecule has 8 heteroatoms. The van der Waals surface area contributed by atoms with Crippen LogP contribution in [0.25, 0.3) is 0 Å². The number of aliphatic imine (C=N–C) groups is 2. The van der Waals surface area contributed by atoms with Gasteiger partial charge < -0.3 is 24.4 Å². The van der Waals surface area contributed by atoms with Crippen LogP contribution in [0.3, 0.4) is 0 Å². The number of esters is 1. The molecule has 0 bridgehead atoms. The van der Waals surface area contributed by atoms with Crippen molar-refractivity contribution in [3.63, 3.8) is 0 Å². The lowest BCUT2D eigenvalue weighted by atomic mass is 10.1. The first kappa shape index (κ1) is 50.5. The Bertz CT molecular complexity index is 1890. The summed E-state index contributed by atoms with van der Waals surface area (Å²) in [6, 6.07) is 24.1. The zero-order chi connectivity index (χ0) is 44.6. The number of phenolic OH excluding ortho intramolecular Hbond substituents is 2. The number of ether oxygens (including phenoxy) is 3. The molecule has 0 saturated carbocycles. The number of carbonyl (C=O) groups is 1. The highest BCUT2D eigenvalue weighted by atomic mass is 16.5. The van der Waals surface area contributed by atoms with Gasteiger partial charge in [-0.2, -0.15) is 0 Å². The molecule has 4 rings (SSSR count). The van der Waals surface area contributed by atoms with E-state index < -0.39 is 5.97 Å². The highest BCUT2D eigenvalue weighted by molar-refractivity contribution is 5.92. The van der Waals surface area contributed by atoms with Gasteiger partial charge in [-0.15, -0.1) is 0 Å². The summed E-state index contributed by atoms with van der Waals surface area (Å²) >= 11 is 0. The van der Waals surface area contributed by atoms with E-state index in [0.717, 1.165) is 25.7 Å². The average molecular weight is 861 g/mol. The first-order chi connectivity index (χ1) is 30.9. The van der Waals surface area contributed by atoms with Crippen LogP contribution >= 0.6 is 0 Å². The molecule has 4 aromatic carbocycles. The van der Waals surface area contributed by atoms with Gasteiger partial charge in [-0.1, -0.05) is 155 Å². The van der Waals surface area contributed by atoms with Gasteiger partial charge in [0.05, 0.1) is 30.2 Å². The van der Waals surface area contributed by atoms with Gasteiger partial charge in [0.15, 0.2) is 0 Å². The largest absolute Gasteiger partial charge is 0.507 e. The van der Waals surface area contributed by atoms with Crippen LogP contribution in [0.4, 0.5) is 11.4 Å². The van der Waals surface area contributed by atoms with Crippen LogP contribution in [0, 0.1) is 0 Å². The number of carbonyl (C=O) groups excluding carboxylic acids is 1. The number of hydrogen-bond acceptors (Lipinski definition) is 8. The molecule has 4 aromatic rings. The van der Waals surface area contributed by atoms with E-state index in [1.54, 1.807) is 85.2 Å². The summed E-state index contributed by atoms with van der Waals surface area (Å²) in [4.78, 5) is 21.8. The number of rotatable bonds is 34. The summed E-state index contributed by atoms with van der Waals surface area (Å²) in [6.07, 6.45) is 34.4. The van der Waals surface area contributed by atoms with Crippen molar-refractivity contribution in [3.05, 3.63) is 102 Å². The van der Waals surface area contributed by atoms with Gasteiger partial charge in [-0.05, 0) is 85.6 Å². The Labute approximate surface area is 379 Å². The molecule has 63 heavy (non-hydrogen) atoms. The summed E-state index contributed by atoms with van der Waals surface area (Å²) in [5.41, 5.74) is 2.81. The molecule has 0 heterocycles. The molecule has 0 aromatic heterocycles. The van der Waals surface area contributed by atoms with Gasteiger partial charge in [0.2, 0.25) is 0 Å². The standard InChI is InChI=1S/C55H76N2O6/c1-3-5-7-9-11-13-15-17-19-21-23-25-39-61-51-35-29-46(53(58)41-51)43-56-48-31-27-45(28-32-48)55(60)63-50-37-33-49(34-38-50)57-44-47-30-36-52(42-54(47)59)62-40-26-24-22-20-18-16-14-12-10-8-6-4-2/h27-38,41-44,58-59H,3-26,39-40H2,1-2H3. The van der Waals surface area contributed by atoms with E-state index in [1.807, 2.05) is 12.1 Å². The van der Waals surface area contributed by atoms with Crippen molar-refractivity contribution in [2.45, 2.75) is 168 Å². The minimum atomic E-state index is -0.496. The summed E-state index contributed by atoms with van der Waals surface area (Å²) < 4.78 is 17.3. The molecule has 342 valence electrons. The summed E-state index contributed by atoms with van der Waals surface area (Å²) in [7, 11) is 0. The Morgan fingerprint density at radius 1 is 0.444 bits per heavy atom. The number of phenols is 2. The third-order valence-electron chi connectivity index (χ3n) is 11.4. The van der Waals surface area contributed by atoms with E-state index in [2.05, 4.69) is 23.8 Å². The lowest BCUT2D eigenvalue weighted by Crippen LogP contribution is -2.07. The number of aromatic hydroxyl groups is 2. The Hall–Kier alpha value is -5.11. The van der Waals surface area contributed by atoms with Gasteiger partial charge in [0.25, 0.3) is 0 Å². The first-order valence-electron chi connectivity index (χ1n) is 24.4. The predicted molar refractivity (Wildman–Crippen MR) is 262 cm³/mol. The fourth-order valence-electron chi connectivity index (χ4n) is 7.45. The number of hydrogen-bond donors (Lipinski definition) is 2. The quantitative estimate of drug-likeness (QED) is 0.0209. The first-order valence-corrected chi connectivity index (χ1v) is 24.4. The highest BCUT2D eigenvalue weighted by Gasteiger charge is 2.10. The molecule has 2 N–H and O–H groups in total. The predicted octanol–water partition coefficient (Wildman–Crippen LogP) is 16.0. The van der Waals surface area contributed by atoms with Crippen LogP contribution in [-0.4, -0.2) is 41.8 Å². The maximum absolute atomic E-state index is 12.9. The number of nitrogens with zero attached hydrogens (tertiary/aromatic N) is 2. The third kappa shape index (κ3) is 21.7. The van der Waals surface area contributed by atoms with Crippen molar-refractivity contribution < 1.29 is 29.2 Å². The highest BCUT2D eigenvalue weighted by Crippen LogP contribution is 2.26. The molecule has 8 nitrogen and oxygen atoms in total. The minimum Gasteiger partial charge on any atom is -0.507 e. The molecule has 0 spiro atoms. The van der Waals surface area contributed by atoms with Gasteiger partial charge in [-0.25, -0.2) is 4.79 Å². The molecular weight excluding hydrogens is 785 g/mol. The second kappa shape index (κ2) is 31.7. The summed E-state index contributed by atoms with van der Waals surface area (Å²) in [5, 5.41) is 21.1.